The van der Waals surface area contributed by atoms with Crippen LogP contribution in [0.4, 0.5) is 0 Å². The molecule has 1 fully saturated rings. The Morgan fingerprint density at radius 2 is 2.24 bits per heavy atom. The van der Waals surface area contributed by atoms with Crippen LogP contribution >= 0.6 is 0 Å². The van der Waals surface area contributed by atoms with Crippen molar-refractivity contribution in [1.29, 1.82) is 0 Å². The minimum absolute atomic E-state index is 0.0153. The number of carboxylic acids is 1. The van der Waals surface area contributed by atoms with Crippen molar-refractivity contribution < 1.29 is 14.7 Å². The van der Waals surface area contributed by atoms with Crippen LogP contribution in [0.15, 0.2) is 18.3 Å². The third kappa shape index (κ3) is 2.49. The summed E-state index contributed by atoms with van der Waals surface area (Å²) < 4.78 is 1.75. The van der Waals surface area contributed by atoms with E-state index in [1.165, 1.54) is 0 Å². The SMILES string of the molecule is Cn1cccc1C(=O)N[C@H]1CC[C@@H](C(=O)O)C1. The highest BCUT2D eigenvalue weighted by atomic mass is 16.4. The molecule has 17 heavy (non-hydrogen) atoms. The highest BCUT2D eigenvalue weighted by molar-refractivity contribution is 5.93. The molecular weight excluding hydrogens is 220 g/mol. The van der Waals surface area contributed by atoms with E-state index in [2.05, 4.69) is 5.32 Å². The van der Waals surface area contributed by atoms with Crippen molar-refractivity contribution in [2.45, 2.75) is 25.3 Å². The highest BCUT2D eigenvalue weighted by Gasteiger charge is 2.30. The Balaban J connectivity index is 1.93. The number of hydrogen-bond donors (Lipinski definition) is 2. The molecule has 0 aromatic carbocycles. The van der Waals surface area contributed by atoms with Gasteiger partial charge >= 0.3 is 5.97 Å². The third-order valence-electron chi connectivity index (χ3n) is 3.29. The van der Waals surface area contributed by atoms with Gasteiger partial charge in [0.1, 0.15) is 5.69 Å². The maximum atomic E-state index is 11.9. The minimum Gasteiger partial charge on any atom is -0.481 e. The zero-order valence-electron chi connectivity index (χ0n) is 9.72. The monoisotopic (exact) mass is 236 g/mol. The molecule has 5 nitrogen and oxygen atoms in total. The summed E-state index contributed by atoms with van der Waals surface area (Å²) in [6, 6.07) is 3.54. The van der Waals surface area contributed by atoms with E-state index < -0.39 is 5.97 Å². The topological polar surface area (TPSA) is 71.3 Å². The van der Waals surface area contributed by atoms with Gasteiger partial charge in [0.05, 0.1) is 5.92 Å². The first-order valence-corrected chi connectivity index (χ1v) is 5.73. The van der Waals surface area contributed by atoms with Crippen LogP contribution < -0.4 is 5.32 Å². The number of carboxylic acid groups (broad SMARTS) is 1. The van der Waals surface area contributed by atoms with Crippen LogP contribution in [0, 0.1) is 5.92 Å². The van der Waals surface area contributed by atoms with Crippen molar-refractivity contribution in [2.24, 2.45) is 13.0 Å². The highest BCUT2D eigenvalue weighted by Crippen LogP contribution is 2.25. The maximum absolute atomic E-state index is 11.9. The number of carbonyl (C=O) groups excluding carboxylic acids is 1. The van der Waals surface area contributed by atoms with Crippen LogP contribution in [-0.4, -0.2) is 27.6 Å². The number of hydrogen-bond acceptors (Lipinski definition) is 2. The first-order valence-electron chi connectivity index (χ1n) is 5.73. The third-order valence-corrected chi connectivity index (χ3v) is 3.29. The van der Waals surface area contributed by atoms with E-state index in [1.807, 2.05) is 19.3 Å². The predicted octanol–water partition coefficient (Wildman–Crippen LogP) is 1.01. The molecule has 1 amide bonds. The molecule has 2 rings (SSSR count). The van der Waals surface area contributed by atoms with Gasteiger partial charge in [0, 0.05) is 19.3 Å². The Bertz CT molecular complexity index is 439. The number of nitrogens with zero attached hydrogens (tertiary/aromatic N) is 1. The molecule has 0 bridgehead atoms. The van der Waals surface area contributed by atoms with Crippen LogP contribution in [0.25, 0.3) is 0 Å². The Morgan fingerprint density at radius 3 is 2.76 bits per heavy atom. The lowest BCUT2D eigenvalue weighted by atomic mass is 10.1. The molecule has 92 valence electrons. The lowest BCUT2D eigenvalue weighted by Crippen LogP contribution is -2.34. The minimum atomic E-state index is -0.763. The van der Waals surface area contributed by atoms with Gasteiger partial charge in [0.2, 0.25) is 0 Å². The van der Waals surface area contributed by atoms with Crippen molar-refractivity contribution in [2.75, 3.05) is 0 Å². The quantitative estimate of drug-likeness (QED) is 0.822. The van der Waals surface area contributed by atoms with Gasteiger partial charge in [-0.3, -0.25) is 9.59 Å². The first kappa shape index (κ1) is 11.7. The van der Waals surface area contributed by atoms with Crippen LogP contribution in [0.1, 0.15) is 29.8 Å². The van der Waals surface area contributed by atoms with Gasteiger partial charge in [-0.2, -0.15) is 0 Å². The van der Waals surface area contributed by atoms with Gasteiger partial charge in [-0.25, -0.2) is 0 Å². The van der Waals surface area contributed by atoms with Crippen LogP contribution in [0.2, 0.25) is 0 Å². The number of carbonyl (C=O) groups is 2. The molecule has 2 N–H and O–H groups in total. The van der Waals surface area contributed by atoms with E-state index in [9.17, 15) is 9.59 Å². The predicted molar refractivity (Wildman–Crippen MR) is 61.6 cm³/mol. The van der Waals surface area contributed by atoms with E-state index in [-0.39, 0.29) is 17.9 Å². The number of aromatic nitrogens is 1. The lowest BCUT2D eigenvalue weighted by Gasteiger charge is -2.12. The second kappa shape index (κ2) is 4.61. The lowest BCUT2D eigenvalue weighted by molar-refractivity contribution is -0.141. The molecular formula is C12H16N2O3. The average molecular weight is 236 g/mol. The van der Waals surface area contributed by atoms with Crippen molar-refractivity contribution in [3.63, 3.8) is 0 Å². The maximum Gasteiger partial charge on any atom is 0.306 e. The largest absolute Gasteiger partial charge is 0.481 e. The molecule has 1 heterocycles. The molecule has 0 saturated heterocycles. The number of aryl methyl sites for hydroxylation is 1. The Morgan fingerprint density at radius 1 is 1.47 bits per heavy atom. The molecule has 5 heteroatoms. The van der Waals surface area contributed by atoms with Crippen molar-refractivity contribution in [3.05, 3.63) is 24.0 Å². The van der Waals surface area contributed by atoms with Crippen molar-refractivity contribution in [1.82, 2.24) is 9.88 Å². The smallest absolute Gasteiger partial charge is 0.306 e. The van der Waals surface area contributed by atoms with Crippen molar-refractivity contribution >= 4 is 11.9 Å². The molecule has 1 saturated carbocycles. The Hall–Kier alpha value is -1.78. The number of amides is 1. The van der Waals surface area contributed by atoms with Gasteiger partial charge < -0.3 is 15.0 Å². The van der Waals surface area contributed by atoms with E-state index >= 15 is 0 Å². The zero-order chi connectivity index (χ0) is 12.4. The number of nitrogens with one attached hydrogen (secondary N) is 1. The molecule has 1 aromatic rings. The fraction of sp³-hybridized carbons (Fsp3) is 0.500. The summed E-state index contributed by atoms with van der Waals surface area (Å²) >= 11 is 0. The second-order valence-corrected chi connectivity index (χ2v) is 4.52. The van der Waals surface area contributed by atoms with Gasteiger partial charge in [-0.05, 0) is 31.4 Å². The van der Waals surface area contributed by atoms with Gasteiger partial charge in [-0.15, -0.1) is 0 Å². The summed E-state index contributed by atoms with van der Waals surface area (Å²) in [5.41, 5.74) is 0.601. The number of rotatable bonds is 3. The van der Waals surface area contributed by atoms with Crippen LogP contribution in [-0.2, 0) is 11.8 Å². The van der Waals surface area contributed by atoms with Crippen LogP contribution in [0.3, 0.4) is 0 Å². The summed E-state index contributed by atoms with van der Waals surface area (Å²) in [4.78, 5) is 22.7. The van der Waals surface area contributed by atoms with Gasteiger partial charge in [0.15, 0.2) is 0 Å². The number of aliphatic carboxylic acids is 1. The van der Waals surface area contributed by atoms with Gasteiger partial charge in [0.25, 0.3) is 5.91 Å². The molecule has 2 atom stereocenters. The van der Waals surface area contributed by atoms with E-state index in [0.29, 0.717) is 18.5 Å². The first-order chi connectivity index (χ1) is 8.08. The second-order valence-electron chi connectivity index (χ2n) is 4.52. The molecule has 1 aromatic heterocycles. The van der Waals surface area contributed by atoms with E-state index in [0.717, 1.165) is 6.42 Å². The molecule has 0 unspecified atom stereocenters. The standard InChI is InChI=1S/C12H16N2O3/c1-14-6-2-3-10(14)11(15)13-9-5-4-8(7-9)12(16)17/h2-3,6,8-9H,4-5,7H2,1H3,(H,13,15)(H,16,17)/t8-,9+/m1/s1. The Kier molecular flexibility index (Phi) is 3.17. The zero-order valence-corrected chi connectivity index (χ0v) is 9.72. The summed E-state index contributed by atoms with van der Waals surface area (Å²) in [6.45, 7) is 0. The molecule has 1 aliphatic carbocycles. The summed E-state index contributed by atoms with van der Waals surface area (Å²) in [5.74, 6) is -1.21. The van der Waals surface area contributed by atoms with Crippen LogP contribution in [0.5, 0.6) is 0 Å². The summed E-state index contributed by atoms with van der Waals surface area (Å²) in [5, 5.41) is 11.8. The van der Waals surface area contributed by atoms with E-state index in [4.69, 9.17) is 5.11 Å². The van der Waals surface area contributed by atoms with Gasteiger partial charge in [-0.1, -0.05) is 0 Å². The summed E-state index contributed by atoms with van der Waals surface area (Å²) in [6.07, 6.45) is 3.73. The van der Waals surface area contributed by atoms with E-state index in [1.54, 1.807) is 10.6 Å². The Labute approximate surface area is 99.4 Å². The fourth-order valence-corrected chi connectivity index (χ4v) is 2.29. The molecule has 1 aliphatic rings. The summed E-state index contributed by atoms with van der Waals surface area (Å²) in [7, 11) is 1.81. The molecule has 0 aliphatic heterocycles. The van der Waals surface area contributed by atoms with Crippen molar-refractivity contribution in [3.8, 4) is 0 Å². The fourth-order valence-electron chi connectivity index (χ4n) is 2.29. The average Bonchev–Trinajstić information content (AvgIpc) is 2.86. The normalized spacial score (nSPS) is 23.6. The molecule has 0 spiro atoms. The molecule has 0 radical (unpaired) electrons.